The second-order valence-electron chi connectivity index (χ2n) is 4.40. The van der Waals surface area contributed by atoms with Gasteiger partial charge in [-0.3, -0.25) is 9.79 Å². The molecule has 5 nitrogen and oxygen atoms in total. The molecule has 2 atom stereocenters. The molecule has 0 radical (unpaired) electrons. The summed E-state index contributed by atoms with van der Waals surface area (Å²) in [6.45, 7) is 6.65. The SMILES string of the molecule is CC1CSC(NC(C)C(=O)N2CCOCC2)=N1. The zero-order chi connectivity index (χ0) is 12.3. The Bertz CT molecular complexity index is 316. The highest BCUT2D eigenvalue weighted by atomic mass is 32.2. The summed E-state index contributed by atoms with van der Waals surface area (Å²) in [6.07, 6.45) is 0. The van der Waals surface area contributed by atoms with Gasteiger partial charge >= 0.3 is 0 Å². The summed E-state index contributed by atoms with van der Waals surface area (Å²) >= 11 is 1.69. The fourth-order valence-corrected chi connectivity index (χ4v) is 2.85. The Hall–Kier alpha value is -0.750. The molecule has 0 saturated carbocycles. The molecule has 0 aliphatic carbocycles. The van der Waals surface area contributed by atoms with Gasteiger partial charge in [0.1, 0.15) is 6.04 Å². The van der Waals surface area contributed by atoms with Crippen molar-refractivity contribution >= 4 is 22.8 Å². The van der Waals surface area contributed by atoms with E-state index in [2.05, 4.69) is 17.2 Å². The summed E-state index contributed by atoms with van der Waals surface area (Å²) in [5.74, 6) is 1.14. The van der Waals surface area contributed by atoms with Crippen molar-refractivity contribution in [2.45, 2.75) is 25.9 Å². The van der Waals surface area contributed by atoms with Crippen molar-refractivity contribution in [3.05, 3.63) is 0 Å². The smallest absolute Gasteiger partial charge is 0.244 e. The number of amidine groups is 1. The molecular weight excluding hydrogens is 238 g/mol. The van der Waals surface area contributed by atoms with Gasteiger partial charge in [0.25, 0.3) is 0 Å². The lowest BCUT2D eigenvalue weighted by atomic mass is 10.2. The van der Waals surface area contributed by atoms with E-state index in [4.69, 9.17) is 4.74 Å². The average molecular weight is 257 g/mol. The van der Waals surface area contributed by atoms with Crippen molar-refractivity contribution in [1.82, 2.24) is 10.2 Å². The molecule has 17 heavy (non-hydrogen) atoms. The van der Waals surface area contributed by atoms with Gasteiger partial charge in [-0.2, -0.15) is 0 Å². The molecule has 0 bridgehead atoms. The minimum Gasteiger partial charge on any atom is -0.378 e. The number of thioether (sulfide) groups is 1. The molecule has 1 N–H and O–H groups in total. The van der Waals surface area contributed by atoms with Gasteiger partial charge in [0.15, 0.2) is 5.17 Å². The van der Waals surface area contributed by atoms with Crippen molar-refractivity contribution < 1.29 is 9.53 Å². The summed E-state index contributed by atoms with van der Waals surface area (Å²) in [7, 11) is 0. The van der Waals surface area contributed by atoms with Gasteiger partial charge in [-0.25, -0.2) is 0 Å². The number of carbonyl (C=O) groups excluding carboxylic acids is 1. The lowest BCUT2D eigenvalue weighted by Crippen LogP contribution is -2.50. The number of hydrogen-bond acceptors (Lipinski definition) is 5. The summed E-state index contributed by atoms with van der Waals surface area (Å²) in [5.41, 5.74) is 0. The molecule has 96 valence electrons. The van der Waals surface area contributed by atoms with Gasteiger partial charge in [0, 0.05) is 18.8 Å². The summed E-state index contributed by atoms with van der Waals surface area (Å²) in [5, 5.41) is 4.08. The molecule has 0 aromatic heterocycles. The molecule has 2 heterocycles. The largest absolute Gasteiger partial charge is 0.378 e. The maximum absolute atomic E-state index is 12.1. The van der Waals surface area contributed by atoms with Crippen LogP contribution < -0.4 is 5.32 Å². The van der Waals surface area contributed by atoms with E-state index >= 15 is 0 Å². The van der Waals surface area contributed by atoms with Gasteiger partial charge in [-0.05, 0) is 13.8 Å². The van der Waals surface area contributed by atoms with Crippen molar-refractivity contribution in [1.29, 1.82) is 0 Å². The Morgan fingerprint density at radius 1 is 1.59 bits per heavy atom. The van der Waals surface area contributed by atoms with Gasteiger partial charge in [0.05, 0.1) is 19.3 Å². The molecule has 2 rings (SSSR count). The molecule has 1 amide bonds. The van der Waals surface area contributed by atoms with Crippen LogP contribution in [0.2, 0.25) is 0 Å². The maximum Gasteiger partial charge on any atom is 0.244 e. The Labute approximate surface area is 106 Å². The minimum atomic E-state index is -0.204. The van der Waals surface area contributed by atoms with E-state index in [0.717, 1.165) is 10.9 Å². The number of hydrogen-bond donors (Lipinski definition) is 1. The van der Waals surface area contributed by atoms with Crippen LogP contribution in [-0.2, 0) is 9.53 Å². The van der Waals surface area contributed by atoms with Crippen LogP contribution in [0, 0.1) is 0 Å². The number of nitrogens with one attached hydrogen (secondary N) is 1. The highest BCUT2D eigenvalue weighted by molar-refractivity contribution is 8.14. The number of amides is 1. The molecule has 2 unspecified atom stereocenters. The van der Waals surface area contributed by atoms with Crippen LogP contribution in [0.4, 0.5) is 0 Å². The number of nitrogens with zero attached hydrogens (tertiary/aromatic N) is 2. The number of carbonyl (C=O) groups is 1. The molecule has 2 aliphatic rings. The van der Waals surface area contributed by atoms with Crippen molar-refractivity contribution in [2.75, 3.05) is 32.1 Å². The summed E-state index contributed by atoms with van der Waals surface area (Å²) in [6, 6.07) is 0.151. The fraction of sp³-hybridized carbons (Fsp3) is 0.818. The number of ether oxygens (including phenoxy) is 1. The first-order chi connectivity index (χ1) is 8.16. The van der Waals surface area contributed by atoms with E-state index in [1.165, 1.54) is 0 Å². The third kappa shape index (κ3) is 3.35. The second kappa shape index (κ2) is 5.73. The zero-order valence-electron chi connectivity index (χ0n) is 10.3. The Balaban J connectivity index is 1.84. The molecule has 0 aromatic rings. The normalized spacial score (nSPS) is 26.6. The lowest BCUT2D eigenvalue weighted by molar-refractivity contribution is -0.136. The topological polar surface area (TPSA) is 53.9 Å². The zero-order valence-corrected chi connectivity index (χ0v) is 11.1. The second-order valence-corrected chi connectivity index (χ2v) is 5.41. The van der Waals surface area contributed by atoms with Crippen molar-refractivity contribution in [3.8, 4) is 0 Å². The highest BCUT2D eigenvalue weighted by Crippen LogP contribution is 2.16. The first-order valence-electron chi connectivity index (χ1n) is 6.00. The van der Waals surface area contributed by atoms with Crippen LogP contribution >= 0.6 is 11.8 Å². The van der Waals surface area contributed by atoms with Gasteiger partial charge in [0.2, 0.25) is 5.91 Å². The average Bonchev–Trinajstić information content (AvgIpc) is 2.75. The van der Waals surface area contributed by atoms with Gasteiger partial charge < -0.3 is 15.0 Å². The van der Waals surface area contributed by atoms with E-state index in [-0.39, 0.29) is 11.9 Å². The van der Waals surface area contributed by atoms with Crippen LogP contribution in [0.15, 0.2) is 4.99 Å². The predicted octanol–water partition coefficient (Wildman–Crippen LogP) is 0.315. The van der Waals surface area contributed by atoms with Crippen LogP contribution in [0.3, 0.4) is 0 Å². The number of morpholine rings is 1. The molecule has 6 heteroatoms. The quantitative estimate of drug-likeness (QED) is 0.774. The third-order valence-corrected chi connectivity index (χ3v) is 3.98. The van der Waals surface area contributed by atoms with Gasteiger partial charge in [-0.1, -0.05) is 11.8 Å². The Morgan fingerprint density at radius 3 is 2.88 bits per heavy atom. The van der Waals surface area contributed by atoms with Crippen LogP contribution in [-0.4, -0.2) is 60.1 Å². The number of aliphatic imine (C=N–C) groups is 1. The molecule has 2 aliphatic heterocycles. The van der Waals surface area contributed by atoms with Crippen LogP contribution in [0.5, 0.6) is 0 Å². The van der Waals surface area contributed by atoms with E-state index in [0.29, 0.717) is 32.3 Å². The number of rotatable bonds is 2. The highest BCUT2D eigenvalue weighted by Gasteiger charge is 2.24. The van der Waals surface area contributed by atoms with E-state index in [1.54, 1.807) is 11.8 Å². The molecular formula is C11H19N3O2S. The first kappa shape index (κ1) is 12.7. The standard InChI is InChI=1S/C11H19N3O2S/c1-8-7-17-11(12-8)13-9(2)10(15)14-3-5-16-6-4-14/h8-9H,3-7H2,1-2H3,(H,12,13). The van der Waals surface area contributed by atoms with E-state index in [1.807, 2.05) is 11.8 Å². The van der Waals surface area contributed by atoms with Crippen LogP contribution in [0.1, 0.15) is 13.8 Å². The Morgan fingerprint density at radius 2 is 2.29 bits per heavy atom. The minimum absolute atomic E-state index is 0.135. The monoisotopic (exact) mass is 257 g/mol. The van der Waals surface area contributed by atoms with Crippen molar-refractivity contribution in [2.24, 2.45) is 4.99 Å². The summed E-state index contributed by atoms with van der Waals surface area (Å²) < 4.78 is 5.23. The molecule has 0 aromatic carbocycles. The van der Waals surface area contributed by atoms with Crippen LogP contribution in [0.25, 0.3) is 0 Å². The fourth-order valence-electron chi connectivity index (χ4n) is 1.86. The first-order valence-corrected chi connectivity index (χ1v) is 6.99. The van der Waals surface area contributed by atoms with Crippen molar-refractivity contribution in [3.63, 3.8) is 0 Å². The third-order valence-electron chi connectivity index (χ3n) is 2.83. The molecule has 1 fully saturated rings. The molecule has 1 saturated heterocycles. The molecule has 0 spiro atoms. The Kier molecular flexibility index (Phi) is 4.28. The van der Waals surface area contributed by atoms with E-state index < -0.39 is 0 Å². The summed E-state index contributed by atoms with van der Waals surface area (Å²) in [4.78, 5) is 18.4. The predicted molar refractivity (Wildman–Crippen MR) is 69.4 cm³/mol. The van der Waals surface area contributed by atoms with Gasteiger partial charge in [-0.15, -0.1) is 0 Å². The van der Waals surface area contributed by atoms with E-state index in [9.17, 15) is 4.79 Å². The lowest BCUT2D eigenvalue weighted by Gasteiger charge is -2.29. The maximum atomic E-state index is 12.1.